The van der Waals surface area contributed by atoms with E-state index in [4.69, 9.17) is 5.73 Å². The van der Waals surface area contributed by atoms with Gasteiger partial charge in [0.05, 0.1) is 6.33 Å². The maximum Gasteiger partial charge on any atom is 0.165 e. The van der Waals surface area contributed by atoms with Crippen LogP contribution in [0.3, 0.4) is 0 Å². The smallest absolute Gasteiger partial charge is 0.165 e. The van der Waals surface area contributed by atoms with Crippen molar-refractivity contribution in [3.63, 3.8) is 0 Å². The lowest BCUT2D eigenvalue weighted by Gasteiger charge is -2.00. The first kappa shape index (κ1) is 8.93. The largest absolute Gasteiger partial charge is 0.382 e. The average molecular weight is 190 g/mol. The third-order valence-corrected chi connectivity index (χ3v) is 2.08. The minimum absolute atomic E-state index is 0.434. The van der Waals surface area contributed by atoms with Gasteiger partial charge in [0.1, 0.15) is 11.8 Å². The first-order valence-electron chi connectivity index (χ1n) is 4.53. The molecule has 2 aromatic rings. The van der Waals surface area contributed by atoms with Crippen LogP contribution < -0.4 is 5.73 Å². The van der Waals surface area contributed by atoms with Crippen molar-refractivity contribution in [3.05, 3.63) is 19.6 Å². The first-order chi connectivity index (χ1) is 6.83. The van der Waals surface area contributed by atoms with Gasteiger partial charge in [-0.3, -0.25) is 0 Å². The number of fused-ring (bicyclic) bond motifs is 1. The van der Waals surface area contributed by atoms with Crippen LogP contribution in [0, 0.1) is 6.92 Å². The molecule has 0 aliphatic heterocycles. The molecule has 0 aromatic carbocycles. The predicted octanol–water partition coefficient (Wildman–Crippen LogP) is 1.02. The average Bonchev–Trinajstić information content (AvgIpc) is 2.60. The Kier molecular flexibility index (Phi) is 2.30. The van der Waals surface area contributed by atoms with Crippen LogP contribution in [0.15, 0.2) is 12.7 Å². The molecular weight excluding hydrogens is 178 g/mol. The van der Waals surface area contributed by atoms with E-state index in [9.17, 15) is 0 Å². The molecule has 0 bridgehead atoms. The molecule has 5 nitrogen and oxygen atoms in total. The number of hydrogen-bond donors (Lipinski definition) is 1. The van der Waals surface area contributed by atoms with Gasteiger partial charge >= 0.3 is 0 Å². The van der Waals surface area contributed by atoms with Crippen molar-refractivity contribution < 1.29 is 0 Å². The molecule has 2 aromatic heterocycles. The van der Waals surface area contributed by atoms with Crippen molar-refractivity contribution >= 4 is 17.0 Å². The predicted molar refractivity (Wildman–Crippen MR) is 54.3 cm³/mol. The number of hydrogen-bond acceptors (Lipinski definition) is 4. The van der Waals surface area contributed by atoms with Gasteiger partial charge in [-0.15, -0.1) is 0 Å². The lowest BCUT2D eigenvalue weighted by Crippen LogP contribution is -1.98. The number of nitrogens with two attached hydrogens (primary N) is 1. The minimum atomic E-state index is 0.434. The Morgan fingerprint density at radius 3 is 3.00 bits per heavy atom. The fraction of sp³-hybridized carbons (Fsp3) is 0.333. The number of unbranched alkanes of at least 4 members (excludes halogenated alkanes) is 1. The molecular formula is C9H12N5. The highest BCUT2D eigenvalue weighted by Crippen LogP contribution is 2.14. The highest BCUT2D eigenvalue weighted by molar-refractivity contribution is 5.80. The van der Waals surface area contributed by atoms with Crippen LogP contribution in [0.2, 0.25) is 0 Å². The molecule has 2 rings (SSSR count). The van der Waals surface area contributed by atoms with E-state index in [-0.39, 0.29) is 0 Å². The highest BCUT2D eigenvalue weighted by Gasteiger charge is 2.06. The Bertz CT molecular complexity index is 434. The molecule has 2 heterocycles. The Labute approximate surface area is 82.0 Å². The van der Waals surface area contributed by atoms with E-state index in [1.54, 1.807) is 6.33 Å². The van der Waals surface area contributed by atoms with Crippen LogP contribution in [0.5, 0.6) is 0 Å². The molecule has 0 atom stereocenters. The van der Waals surface area contributed by atoms with E-state index in [2.05, 4.69) is 21.9 Å². The summed E-state index contributed by atoms with van der Waals surface area (Å²) in [7, 11) is 0. The number of nitrogens with zero attached hydrogens (tertiary/aromatic N) is 4. The van der Waals surface area contributed by atoms with Gasteiger partial charge in [-0.2, -0.15) is 0 Å². The summed E-state index contributed by atoms with van der Waals surface area (Å²) in [4.78, 5) is 12.2. The molecule has 1 radical (unpaired) electrons. The van der Waals surface area contributed by atoms with E-state index in [1.807, 2.05) is 4.57 Å². The minimum Gasteiger partial charge on any atom is -0.382 e. The summed E-state index contributed by atoms with van der Waals surface area (Å²) in [6.45, 7) is 4.66. The maximum absolute atomic E-state index is 5.66. The lowest BCUT2D eigenvalue weighted by atomic mass is 10.3. The van der Waals surface area contributed by atoms with Gasteiger partial charge in [-0.1, -0.05) is 13.3 Å². The second-order valence-corrected chi connectivity index (χ2v) is 3.08. The van der Waals surface area contributed by atoms with Gasteiger partial charge < -0.3 is 10.3 Å². The standard InChI is InChI=1S/C9H12N5/c1-2-3-4-14-6-13-7-8(10)11-5-12-9(7)14/h5-6H,1-4H2,(H2,10,11,12). The maximum atomic E-state index is 5.66. The number of nitrogen functional groups attached to an aromatic ring is 1. The van der Waals surface area contributed by atoms with Gasteiger partial charge in [0.2, 0.25) is 0 Å². The van der Waals surface area contributed by atoms with Crippen LogP contribution in [0.1, 0.15) is 12.8 Å². The van der Waals surface area contributed by atoms with Crippen LogP contribution in [-0.2, 0) is 6.54 Å². The van der Waals surface area contributed by atoms with Gasteiger partial charge in [-0.05, 0) is 6.42 Å². The fourth-order valence-electron chi connectivity index (χ4n) is 1.34. The zero-order valence-electron chi connectivity index (χ0n) is 7.85. The van der Waals surface area contributed by atoms with Crippen molar-refractivity contribution in [1.29, 1.82) is 0 Å². The van der Waals surface area contributed by atoms with Crippen LogP contribution in [0.4, 0.5) is 5.82 Å². The summed E-state index contributed by atoms with van der Waals surface area (Å²) in [5.41, 5.74) is 7.13. The zero-order valence-corrected chi connectivity index (χ0v) is 7.85. The normalized spacial score (nSPS) is 10.9. The van der Waals surface area contributed by atoms with Crippen molar-refractivity contribution in [2.24, 2.45) is 0 Å². The van der Waals surface area contributed by atoms with E-state index in [1.165, 1.54) is 6.33 Å². The molecule has 0 aliphatic rings. The van der Waals surface area contributed by atoms with E-state index in [0.29, 0.717) is 11.3 Å². The Morgan fingerprint density at radius 1 is 1.36 bits per heavy atom. The molecule has 0 aliphatic carbocycles. The molecule has 14 heavy (non-hydrogen) atoms. The molecule has 0 spiro atoms. The Morgan fingerprint density at radius 2 is 2.21 bits per heavy atom. The van der Waals surface area contributed by atoms with Crippen LogP contribution in [0.25, 0.3) is 11.2 Å². The fourth-order valence-corrected chi connectivity index (χ4v) is 1.34. The first-order valence-corrected chi connectivity index (χ1v) is 4.53. The second kappa shape index (κ2) is 3.61. The number of aryl methyl sites for hydroxylation is 1. The summed E-state index contributed by atoms with van der Waals surface area (Å²) in [5, 5.41) is 0. The Balaban J connectivity index is 2.42. The molecule has 0 saturated heterocycles. The lowest BCUT2D eigenvalue weighted by molar-refractivity contribution is 0.659. The van der Waals surface area contributed by atoms with E-state index in [0.717, 1.165) is 25.0 Å². The van der Waals surface area contributed by atoms with Gasteiger partial charge in [0, 0.05) is 6.54 Å². The monoisotopic (exact) mass is 190 g/mol. The Hall–Kier alpha value is -1.65. The number of anilines is 1. The third-order valence-electron chi connectivity index (χ3n) is 2.08. The van der Waals surface area contributed by atoms with E-state index < -0.39 is 0 Å². The zero-order chi connectivity index (χ0) is 9.97. The number of imidazole rings is 1. The highest BCUT2D eigenvalue weighted by atomic mass is 15.1. The molecule has 0 unspecified atom stereocenters. The molecule has 0 amide bonds. The second-order valence-electron chi connectivity index (χ2n) is 3.08. The third kappa shape index (κ3) is 1.41. The van der Waals surface area contributed by atoms with E-state index >= 15 is 0 Å². The topological polar surface area (TPSA) is 69.6 Å². The van der Waals surface area contributed by atoms with Crippen molar-refractivity contribution in [3.8, 4) is 0 Å². The number of rotatable bonds is 3. The van der Waals surface area contributed by atoms with Gasteiger partial charge in [0.25, 0.3) is 0 Å². The molecule has 73 valence electrons. The summed E-state index contributed by atoms with van der Waals surface area (Å²) < 4.78 is 1.97. The number of aromatic nitrogens is 4. The van der Waals surface area contributed by atoms with Gasteiger partial charge in [-0.25, -0.2) is 15.0 Å². The molecule has 0 fully saturated rings. The molecule has 0 saturated carbocycles. The summed E-state index contributed by atoms with van der Waals surface area (Å²) in [6, 6.07) is 0. The SMILES string of the molecule is [CH2]CCCn1cnc2c(N)ncnc21. The van der Waals surface area contributed by atoms with Crippen molar-refractivity contribution in [2.75, 3.05) is 5.73 Å². The van der Waals surface area contributed by atoms with Gasteiger partial charge in [0.15, 0.2) is 11.5 Å². The van der Waals surface area contributed by atoms with Crippen LogP contribution >= 0.6 is 0 Å². The van der Waals surface area contributed by atoms with Crippen LogP contribution in [-0.4, -0.2) is 19.5 Å². The molecule has 5 heteroatoms. The quantitative estimate of drug-likeness (QED) is 0.784. The molecule has 2 N–H and O–H groups in total. The summed E-state index contributed by atoms with van der Waals surface area (Å²) in [6.07, 6.45) is 5.11. The van der Waals surface area contributed by atoms with Crippen molar-refractivity contribution in [1.82, 2.24) is 19.5 Å². The van der Waals surface area contributed by atoms with Crippen molar-refractivity contribution in [2.45, 2.75) is 19.4 Å². The summed E-state index contributed by atoms with van der Waals surface area (Å²) >= 11 is 0. The summed E-state index contributed by atoms with van der Waals surface area (Å²) in [5.74, 6) is 0.434.